The summed E-state index contributed by atoms with van der Waals surface area (Å²) in [4.78, 5) is 0. The molecule has 0 heterocycles. The van der Waals surface area contributed by atoms with Crippen LogP contribution in [0.1, 0.15) is 18.4 Å². The van der Waals surface area contributed by atoms with Crippen molar-refractivity contribution in [1.82, 2.24) is 0 Å². The van der Waals surface area contributed by atoms with E-state index < -0.39 is 0 Å². The number of halogens is 1. The molecule has 0 bridgehead atoms. The molecule has 0 atom stereocenters. The predicted octanol–water partition coefficient (Wildman–Crippen LogP) is 2.91. The number of benzene rings is 1. The van der Waals surface area contributed by atoms with Crippen LogP contribution in [0.25, 0.3) is 0 Å². The molecule has 0 spiro atoms. The number of rotatable bonds is 5. The van der Waals surface area contributed by atoms with E-state index in [0.29, 0.717) is 6.61 Å². The standard InChI is InChI=1S/C11H15BrO2/c1-9-4-5-11(10(12)8-9)14-7-3-2-6-13/h4-5,8,13H,2-3,6-7H2,1H3. The number of aliphatic hydroxyl groups is 1. The maximum atomic E-state index is 8.59. The minimum absolute atomic E-state index is 0.235. The van der Waals surface area contributed by atoms with Gasteiger partial charge >= 0.3 is 0 Å². The fourth-order valence-corrected chi connectivity index (χ4v) is 1.73. The molecule has 1 aromatic rings. The van der Waals surface area contributed by atoms with Crippen molar-refractivity contribution in [3.05, 3.63) is 28.2 Å². The summed E-state index contributed by atoms with van der Waals surface area (Å²) in [6.07, 6.45) is 1.68. The van der Waals surface area contributed by atoms with Crippen molar-refractivity contribution in [1.29, 1.82) is 0 Å². The minimum atomic E-state index is 0.235. The third-order valence-electron chi connectivity index (χ3n) is 1.90. The lowest BCUT2D eigenvalue weighted by molar-refractivity contribution is 0.252. The lowest BCUT2D eigenvalue weighted by atomic mass is 10.2. The summed E-state index contributed by atoms with van der Waals surface area (Å²) in [5, 5.41) is 8.59. The highest BCUT2D eigenvalue weighted by atomic mass is 79.9. The minimum Gasteiger partial charge on any atom is -0.492 e. The highest BCUT2D eigenvalue weighted by Crippen LogP contribution is 2.25. The number of aliphatic hydroxyl groups excluding tert-OH is 1. The predicted molar refractivity (Wildman–Crippen MR) is 60.7 cm³/mol. The first-order valence-electron chi connectivity index (χ1n) is 4.74. The molecule has 0 fully saturated rings. The molecule has 0 saturated heterocycles. The number of hydrogen-bond donors (Lipinski definition) is 1. The Kier molecular flexibility index (Phi) is 4.98. The SMILES string of the molecule is Cc1ccc(OCCCCO)c(Br)c1. The van der Waals surface area contributed by atoms with E-state index in [2.05, 4.69) is 15.9 Å². The van der Waals surface area contributed by atoms with Crippen LogP contribution in [0.5, 0.6) is 5.75 Å². The van der Waals surface area contributed by atoms with E-state index in [0.717, 1.165) is 23.1 Å². The van der Waals surface area contributed by atoms with Gasteiger partial charge in [-0.05, 0) is 53.4 Å². The smallest absolute Gasteiger partial charge is 0.133 e. The second-order valence-electron chi connectivity index (χ2n) is 3.21. The lowest BCUT2D eigenvalue weighted by Gasteiger charge is -2.07. The monoisotopic (exact) mass is 258 g/mol. The van der Waals surface area contributed by atoms with Crippen LogP contribution >= 0.6 is 15.9 Å². The van der Waals surface area contributed by atoms with E-state index >= 15 is 0 Å². The van der Waals surface area contributed by atoms with Crippen molar-refractivity contribution in [2.45, 2.75) is 19.8 Å². The van der Waals surface area contributed by atoms with Crippen molar-refractivity contribution in [2.24, 2.45) is 0 Å². The van der Waals surface area contributed by atoms with Gasteiger partial charge in [-0.25, -0.2) is 0 Å². The van der Waals surface area contributed by atoms with Gasteiger partial charge in [-0.3, -0.25) is 0 Å². The zero-order valence-electron chi connectivity index (χ0n) is 8.29. The van der Waals surface area contributed by atoms with Gasteiger partial charge in [-0.1, -0.05) is 6.07 Å². The average Bonchev–Trinajstić information content (AvgIpc) is 2.15. The topological polar surface area (TPSA) is 29.5 Å². The maximum absolute atomic E-state index is 8.59. The van der Waals surface area contributed by atoms with E-state index in [-0.39, 0.29) is 6.61 Å². The molecule has 0 amide bonds. The zero-order valence-corrected chi connectivity index (χ0v) is 9.88. The second kappa shape index (κ2) is 6.04. The van der Waals surface area contributed by atoms with Gasteiger partial charge < -0.3 is 9.84 Å². The Morgan fingerprint density at radius 3 is 2.79 bits per heavy atom. The second-order valence-corrected chi connectivity index (χ2v) is 4.07. The molecule has 0 aromatic heterocycles. The first-order valence-corrected chi connectivity index (χ1v) is 5.53. The van der Waals surface area contributed by atoms with Crippen molar-refractivity contribution in [2.75, 3.05) is 13.2 Å². The van der Waals surface area contributed by atoms with Crippen molar-refractivity contribution in [3.8, 4) is 5.75 Å². The zero-order chi connectivity index (χ0) is 10.4. The lowest BCUT2D eigenvalue weighted by Crippen LogP contribution is -1.99. The number of ether oxygens (including phenoxy) is 1. The van der Waals surface area contributed by atoms with Gasteiger partial charge in [0, 0.05) is 6.61 Å². The summed E-state index contributed by atoms with van der Waals surface area (Å²) in [5.41, 5.74) is 1.21. The van der Waals surface area contributed by atoms with Crippen molar-refractivity contribution in [3.63, 3.8) is 0 Å². The van der Waals surface area contributed by atoms with Crippen LogP contribution in [0.15, 0.2) is 22.7 Å². The molecule has 1 rings (SSSR count). The molecule has 0 aliphatic carbocycles. The van der Waals surface area contributed by atoms with E-state index in [1.807, 2.05) is 25.1 Å². The van der Waals surface area contributed by atoms with Crippen molar-refractivity contribution < 1.29 is 9.84 Å². The Balaban J connectivity index is 2.42. The van der Waals surface area contributed by atoms with Crippen LogP contribution in [0.2, 0.25) is 0 Å². The van der Waals surface area contributed by atoms with Crippen LogP contribution in [0, 0.1) is 6.92 Å². The van der Waals surface area contributed by atoms with Crippen LogP contribution in [-0.2, 0) is 0 Å². The quantitative estimate of drug-likeness (QED) is 0.824. The van der Waals surface area contributed by atoms with Gasteiger partial charge in [0.25, 0.3) is 0 Å². The molecule has 0 unspecified atom stereocenters. The molecular formula is C11H15BrO2. The third kappa shape index (κ3) is 3.68. The third-order valence-corrected chi connectivity index (χ3v) is 2.52. The van der Waals surface area contributed by atoms with Gasteiger partial charge in [0.1, 0.15) is 5.75 Å². The highest BCUT2D eigenvalue weighted by molar-refractivity contribution is 9.10. The first kappa shape index (κ1) is 11.5. The number of hydrogen-bond acceptors (Lipinski definition) is 2. The van der Waals surface area contributed by atoms with Gasteiger partial charge in [0.05, 0.1) is 11.1 Å². The van der Waals surface area contributed by atoms with E-state index in [1.165, 1.54) is 5.56 Å². The molecule has 0 aliphatic rings. The maximum Gasteiger partial charge on any atom is 0.133 e. The fourth-order valence-electron chi connectivity index (χ4n) is 1.12. The molecule has 0 aliphatic heterocycles. The fraction of sp³-hybridized carbons (Fsp3) is 0.455. The molecule has 78 valence electrons. The first-order chi connectivity index (χ1) is 6.74. The summed E-state index contributed by atoms with van der Waals surface area (Å²) in [7, 11) is 0. The van der Waals surface area contributed by atoms with Crippen molar-refractivity contribution >= 4 is 15.9 Å². The Bertz CT molecular complexity index is 287. The van der Waals surface area contributed by atoms with Gasteiger partial charge in [0.15, 0.2) is 0 Å². The number of unbranched alkanes of at least 4 members (excludes halogenated alkanes) is 1. The summed E-state index contributed by atoms with van der Waals surface area (Å²) in [6, 6.07) is 6.01. The van der Waals surface area contributed by atoms with Crippen LogP contribution in [0.4, 0.5) is 0 Å². The summed E-state index contributed by atoms with van der Waals surface area (Å²) in [6.45, 7) is 2.93. The summed E-state index contributed by atoms with van der Waals surface area (Å²) >= 11 is 3.44. The Morgan fingerprint density at radius 2 is 2.14 bits per heavy atom. The van der Waals surface area contributed by atoms with E-state index in [1.54, 1.807) is 0 Å². The molecule has 14 heavy (non-hydrogen) atoms. The Hall–Kier alpha value is -0.540. The number of aryl methyl sites for hydroxylation is 1. The van der Waals surface area contributed by atoms with Gasteiger partial charge in [-0.15, -0.1) is 0 Å². The molecule has 1 N–H and O–H groups in total. The van der Waals surface area contributed by atoms with Gasteiger partial charge in [-0.2, -0.15) is 0 Å². The van der Waals surface area contributed by atoms with Gasteiger partial charge in [0.2, 0.25) is 0 Å². The molecular weight excluding hydrogens is 244 g/mol. The van der Waals surface area contributed by atoms with Crippen LogP contribution < -0.4 is 4.74 Å². The average molecular weight is 259 g/mol. The normalized spacial score (nSPS) is 10.2. The molecule has 1 aromatic carbocycles. The molecule has 0 radical (unpaired) electrons. The largest absolute Gasteiger partial charge is 0.492 e. The van der Waals surface area contributed by atoms with Crippen LogP contribution in [-0.4, -0.2) is 18.3 Å². The Morgan fingerprint density at radius 1 is 1.36 bits per heavy atom. The molecule has 0 saturated carbocycles. The molecule has 3 heteroatoms. The summed E-state index contributed by atoms with van der Waals surface area (Å²) in [5.74, 6) is 0.869. The van der Waals surface area contributed by atoms with Crippen LogP contribution in [0.3, 0.4) is 0 Å². The highest BCUT2D eigenvalue weighted by Gasteiger charge is 2.00. The summed E-state index contributed by atoms with van der Waals surface area (Å²) < 4.78 is 6.52. The molecule has 2 nitrogen and oxygen atoms in total. The Labute approximate surface area is 93.0 Å². The van der Waals surface area contributed by atoms with E-state index in [9.17, 15) is 0 Å². The van der Waals surface area contributed by atoms with E-state index in [4.69, 9.17) is 9.84 Å².